The molecule has 2 aromatic heterocycles. The monoisotopic (exact) mass is 357 g/mol. The van der Waals surface area contributed by atoms with Gasteiger partial charge in [-0.15, -0.1) is 11.3 Å². The third-order valence-electron chi connectivity index (χ3n) is 4.20. The van der Waals surface area contributed by atoms with Gasteiger partial charge in [-0.05, 0) is 65.4 Å². The van der Waals surface area contributed by atoms with Gasteiger partial charge in [-0.25, -0.2) is 0 Å². The van der Waals surface area contributed by atoms with Gasteiger partial charge in [0.1, 0.15) is 5.60 Å². The van der Waals surface area contributed by atoms with E-state index in [-0.39, 0.29) is 12.5 Å². The molecule has 1 atom stereocenters. The molecule has 1 unspecified atom stereocenters. The predicted molar refractivity (Wildman–Crippen MR) is 99.9 cm³/mol. The molecule has 2 heterocycles. The average molecular weight is 358 g/mol. The van der Waals surface area contributed by atoms with Crippen molar-refractivity contribution in [1.82, 2.24) is 5.32 Å². The maximum atomic E-state index is 12.5. The lowest BCUT2D eigenvalue weighted by Crippen LogP contribution is -2.41. The fourth-order valence-corrected chi connectivity index (χ4v) is 4.11. The molecule has 0 bridgehead atoms. The second kappa shape index (κ2) is 6.89. The van der Waals surface area contributed by atoms with Gasteiger partial charge in [0.05, 0.1) is 6.54 Å². The number of thiophene rings is 2. The Bertz CT molecular complexity index is 789. The summed E-state index contributed by atoms with van der Waals surface area (Å²) in [5.74, 6) is -0.177. The summed E-state index contributed by atoms with van der Waals surface area (Å²) in [4.78, 5) is 13.3. The summed E-state index contributed by atoms with van der Waals surface area (Å²) in [6.45, 7) is 4.14. The first kappa shape index (κ1) is 16.9. The summed E-state index contributed by atoms with van der Waals surface area (Å²) in [6, 6.07) is 11.3. The third-order valence-corrected chi connectivity index (χ3v) is 5.91. The molecule has 0 saturated heterocycles. The zero-order valence-electron chi connectivity index (χ0n) is 13.6. The Hall–Kier alpha value is -1.95. The van der Waals surface area contributed by atoms with Crippen LogP contribution >= 0.6 is 22.7 Å². The summed E-state index contributed by atoms with van der Waals surface area (Å²) in [6.07, 6.45) is 0. The van der Waals surface area contributed by atoms with Crippen LogP contribution in [0.4, 0.5) is 0 Å². The van der Waals surface area contributed by atoms with Crippen LogP contribution < -0.4 is 5.32 Å². The molecule has 0 saturated carbocycles. The van der Waals surface area contributed by atoms with E-state index in [1.807, 2.05) is 66.4 Å². The highest BCUT2D eigenvalue weighted by molar-refractivity contribution is 7.10. The Morgan fingerprint density at radius 3 is 2.62 bits per heavy atom. The largest absolute Gasteiger partial charge is 0.378 e. The number of aliphatic hydroxyl groups is 1. The summed E-state index contributed by atoms with van der Waals surface area (Å²) >= 11 is 3.01. The first-order valence-electron chi connectivity index (χ1n) is 7.65. The third kappa shape index (κ3) is 3.29. The van der Waals surface area contributed by atoms with Crippen molar-refractivity contribution in [2.75, 3.05) is 6.54 Å². The van der Waals surface area contributed by atoms with Crippen LogP contribution in [0.3, 0.4) is 0 Å². The SMILES string of the molecule is Cc1ccc(C(=O)NCC(O)(c2ccsc2)c2cccs2)cc1C. The van der Waals surface area contributed by atoms with Gasteiger partial charge >= 0.3 is 0 Å². The van der Waals surface area contributed by atoms with Crippen LogP contribution in [-0.4, -0.2) is 17.6 Å². The second-order valence-corrected chi connectivity index (χ2v) is 7.56. The summed E-state index contributed by atoms with van der Waals surface area (Å²) in [5.41, 5.74) is 2.44. The number of benzene rings is 1. The van der Waals surface area contributed by atoms with Gasteiger partial charge in [0.15, 0.2) is 0 Å². The van der Waals surface area contributed by atoms with Crippen molar-refractivity contribution in [1.29, 1.82) is 0 Å². The minimum atomic E-state index is -1.20. The van der Waals surface area contributed by atoms with Crippen LogP contribution in [-0.2, 0) is 5.60 Å². The molecule has 0 radical (unpaired) electrons. The van der Waals surface area contributed by atoms with Crippen LogP contribution in [0, 0.1) is 13.8 Å². The smallest absolute Gasteiger partial charge is 0.251 e. The Morgan fingerprint density at radius 2 is 2.00 bits per heavy atom. The van der Waals surface area contributed by atoms with Crippen molar-refractivity contribution in [3.8, 4) is 0 Å². The molecule has 0 spiro atoms. The number of hydrogen-bond donors (Lipinski definition) is 2. The molecule has 24 heavy (non-hydrogen) atoms. The molecule has 5 heteroatoms. The first-order chi connectivity index (χ1) is 11.5. The predicted octanol–water partition coefficient (Wildman–Crippen LogP) is 4.09. The van der Waals surface area contributed by atoms with E-state index in [1.54, 1.807) is 0 Å². The van der Waals surface area contributed by atoms with Crippen LogP contribution in [0.5, 0.6) is 0 Å². The van der Waals surface area contributed by atoms with E-state index in [2.05, 4.69) is 5.32 Å². The van der Waals surface area contributed by atoms with Crippen LogP contribution in [0.25, 0.3) is 0 Å². The molecule has 0 aliphatic rings. The van der Waals surface area contributed by atoms with Gasteiger partial charge in [0.25, 0.3) is 5.91 Å². The summed E-state index contributed by atoms with van der Waals surface area (Å²) in [7, 11) is 0. The molecule has 2 N–H and O–H groups in total. The minimum Gasteiger partial charge on any atom is -0.378 e. The zero-order chi connectivity index (χ0) is 17.2. The Morgan fingerprint density at radius 1 is 1.17 bits per heavy atom. The van der Waals surface area contributed by atoms with Crippen molar-refractivity contribution < 1.29 is 9.90 Å². The van der Waals surface area contributed by atoms with E-state index in [1.165, 1.54) is 22.7 Å². The highest BCUT2D eigenvalue weighted by Crippen LogP contribution is 2.33. The van der Waals surface area contributed by atoms with Gasteiger partial charge < -0.3 is 10.4 Å². The molecule has 1 aromatic carbocycles. The minimum absolute atomic E-state index is 0.135. The number of carbonyl (C=O) groups excluding carboxylic acids is 1. The number of amides is 1. The Balaban J connectivity index is 1.82. The molecule has 0 aliphatic carbocycles. The maximum absolute atomic E-state index is 12.5. The number of nitrogens with one attached hydrogen (secondary N) is 1. The Kier molecular flexibility index (Phi) is 4.85. The van der Waals surface area contributed by atoms with Gasteiger partial charge in [-0.3, -0.25) is 4.79 Å². The van der Waals surface area contributed by atoms with Crippen LogP contribution in [0.2, 0.25) is 0 Å². The van der Waals surface area contributed by atoms with Crippen molar-refractivity contribution in [2.45, 2.75) is 19.4 Å². The van der Waals surface area contributed by atoms with Crippen LogP contribution in [0.15, 0.2) is 52.5 Å². The molecule has 0 fully saturated rings. The number of hydrogen-bond acceptors (Lipinski definition) is 4. The molecule has 3 rings (SSSR count). The van der Waals surface area contributed by atoms with Gasteiger partial charge in [0, 0.05) is 16.0 Å². The maximum Gasteiger partial charge on any atom is 0.251 e. The van der Waals surface area contributed by atoms with Crippen molar-refractivity contribution in [2.24, 2.45) is 0 Å². The van der Waals surface area contributed by atoms with E-state index >= 15 is 0 Å². The average Bonchev–Trinajstić information content (AvgIpc) is 3.28. The summed E-state index contributed by atoms with van der Waals surface area (Å²) in [5, 5.41) is 19.9. The van der Waals surface area contributed by atoms with Crippen molar-refractivity contribution in [3.05, 3.63) is 79.7 Å². The highest BCUT2D eigenvalue weighted by Gasteiger charge is 2.33. The number of aryl methyl sites for hydroxylation is 2. The first-order valence-corrected chi connectivity index (χ1v) is 9.47. The lowest BCUT2D eigenvalue weighted by Gasteiger charge is -2.27. The molecule has 3 nitrogen and oxygen atoms in total. The molecular weight excluding hydrogens is 338 g/mol. The van der Waals surface area contributed by atoms with E-state index in [0.717, 1.165) is 21.6 Å². The van der Waals surface area contributed by atoms with E-state index in [4.69, 9.17) is 0 Å². The molecule has 0 aliphatic heterocycles. The number of carbonyl (C=O) groups is 1. The quantitative estimate of drug-likeness (QED) is 0.722. The normalized spacial score (nSPS) is 13.5. The van der Waals surface area contributed by atoms with Crippen molar-refractivity contribution >= 4 is 28.6 Å². The lowest BCUT2D eigenvalue weighted by atomic mass is 9.94. The van der Waals surface area contributed by atoms with Crippen LogP contribution in [0.1, 0.15) is 31.9 Å². The van der Waals surface area contributed by atoms with E-state index in [0.29, 0.717) is 5.56 Å². The van der Waals surface area contributed by atoms with Crippen molar-refractivity contribution in [3.63, 3.8) is 0 Å². The number of rotatable bonds is 5. The zero-order valence-corrected chi connectivity index (χ0v) is 15.2. The lowest BCUT2D eigenvalue weighted by molar-refractivity contribution is 0.0721. The van der Waals surface area contributed by atoms with Gasteiger partial charge in [-0.1, -0.05) is 12.1 Å². The van der Waals surface area contributed by atoms with E-state index < -0.39 is 5.60 Å². The second-order valence-electron chi connectivity index (χ2n) is 5.83. The van der Waals surface area contributed by atoms with Gasteiger partial charge in [-0.2, -0.15) is 11.3 Å². The fraction of sp³-hybridized carbons (Fsp3) is 0.211. The Labute approximate surface area is 149 Å². The standard InChI is InChI=1S/C19H19NO2S2/c1-13-5-6-15(10-14(13)2)18(21)20-12-19(22,16-7-9-23-11-16)17-4-3-8-24-17/h3-11,22H,12H2,1-2H3,(H,20,21). The van der Waals surface area contributed by atoms with Gasteiger partial charge in [0.2, 0.25) is 0 Å². The molecular formula is C19H19NO2S2. The molecule has 3 aromatic rings. The fourth-order valence-electron chi connectivity index (χ4n) is 2.54. The van der Waals surface area contributed by atoms with E-state index in [9.17, 15) is 9.90 Å². The highest BCUT2D eigenvalue weighted by atomic mass is 32.1. The molecule has 124 valence electrons. The topological polar surface area (TPSA) is 49.3 Å². The summed E-state index contributed by atoms with van der Waals surface area (Å²) < 4.78 is 0. The molecule has 1 amide bonds.